The van der Waals surface area contributed by atoms with Crippen LogP contribution in [0.2, 0.25) is 0 Å². The highest BCUT2D eigenvalue weighted by molar-refractivity contribution is 5.95. The predicted octanol–water partition coefficient (Wildman–Crippen LogP) is 4.75. The van der Waals surface area contributed by atoms with E-state index < -0.39 is 0 Å². The zero-order chi connectivity index (χ0) is 24.0. The molecule has 1 aliphatic heterocycles. The number of aryl methyl sites for hydroxylation is 2. The fourth-order valence-corrected chi connectivity index (χ4v) is 4.79. The second-order valence-corrected chi connectivity index (χ2v) is 8.92. The number of carbonyl (C=O) groups excluding carboxylic acids is 2. The summed E-state index contributed by atoms with van der Waals surface area (Å²) in [5.41, 5.74) is 4.18. The third-order valence-electron chi connectivity index (χ3n) is 6.55. The van der Waals surface area contributed by atoms with Crippen LogP contribution in [0, 0.1) is 0 Å². The van der Waals surface area contributed by atoms with E-state index >= 15 is 0 Å². The van der Waals surface area contributed by atoms with Crippen molar-refractivity contribution < 1.29 is 14.0 Å². The lowest BCUT2D eigenvalue weighted by atomic mass is 10.0. The summed E-state index contributed by atoms with van der Waals surface area (Å²) < 4.78 is 7.19. The van der Waals surface area contributed by atoms with Crippen molar-refractivity contribution in [2.24, 2.45) is 0 Å². The highest BCUT2D eigenvalue weighted by atomic mass is 16.3. The van der Waals surface area contributed by atoms with Crippen molar-refractivity contribution in [1.29, 1.82) is 0 Å². The van der Waals surface area contributed by atoms with Crippen LogP contribution in [0.3, 0.4) is 0 Å². The third kappa shape index (κ3) is 5.14. The van der Waals surface area contributed by atoms with Crippen molar-refractivity contribution in [3.8, 4) is 0 Å². The first-order valence-electron chi connectivity index (χ1n) is 12.3. The number of hydrogen-bond donors (Lipinski definition) is 1. The molecule has 0 aliphatic carbocycles. The van der Waals surface area contributed by atoms with Gasteiger partial charge in [-0.1, -0.05) is 36.8 Å². The van der Waals surface area contributed by atoms with Crippen LogP contribution in [0.25, 0.3) is 11.0 Å². The highest BCUT2D eigenvalue weighted by Gasteiger charge is 2.23. The van der Waals surface area contributed by atoms with E-state index in [0.717, 1.165) is 67.6 Å². The van der Waals surface area contributed by atoms with Gasteiger partial charge in [0.15, 0.2) is 5.76 Å². The van der Waals surface area contributed by atoms with Gasteiger partial charge < -0.3 is 19.2 Å². The lowest BCUT2D eigenvalue weighted by Crippen LogP contribution is -2.38. The normalized spacial score (nSPS) is 13.1. The summed E-state index contributed by atoms with van der Waals surface area (Å²) in [6.45, 7) is 1.63. The van der Waals surface area contributed by atoms with Crippen molar-refractivity contribution in [2.45, 2.75) is 45.1 Å². The van der Waals surface area contributed by atoms with Crippen molar-refractivity contribution in [2.75, 3.05) is 18.0 Å². The van der Waals surface area contributed by atoms with Gasteiger partial charge in [-0.2, -0.15) is 0 Å². The van der Waals surface area contributed by atoms with Gasteiger partial charge in [0, 0.05) is 25.2 Å². The minimum absolute atomic E-state index is 0.0993. The first-order chi connectivity index (χ1) is 17.2. The summed E-state index contributed by atoms with van der Waals surface area (Å²) in [5.74, 6) is 1.18. The molecule has 0 spiro atoms. The zero-order valence-electron chi connectivity index (χ0n) is 19.8. The Morgan fingerprint density at radius 1 is 0.971 bits per heavy atom. The van der Waals surface area contributed by atoms with Gasteiger partial charge in [-0.05, 0) is 61.6 Å². The molecule has 0 saturated heterocycles. The molecule has 5 rings (SSSR count). The first kappa shape index (κ1) is 22.9. The van der Waals surface area contributed by atoms with E-state index in [4.69, 9.17) is 9.40 Å². The third-order valence-corrected chi connectivity index (χ3v) is 6.55. The molecule has 3 heterocycles. The standard InChI is InChI=1S/C28H30N4O3/c33-27(31-18-8-11-21-10-3-5-13-23(21)31)20-32-24-14-6-4-12-22(24)30-26(32)16-2-1-7-17-29-28(34)25-15-9-19-35-25/h3-6,9-10,12-15,19H,1-2,7-8,11,16-18,20H2,(H,29,34). The summed E-state index contributed by atoms with van der Waals surface area (Å²) >= 11 is 0. The number of fused-ring (bicyclic) bond motifs is 2. The number of unbranched alkanes of at least 4 members (excludes halogenated alkanes) is 2. The van der Waals surface area contributed by atoms with Crippen LogP contribution in [0.15, 0.2) is 71.3 Å². The molecule has 0 unspecified atom stereocenters. The monoisotopic (exact) mass is 470 g/mol. The number of aromatic nitrogens is 2. The van der Waals surface area contributed by atoms with Gasteiger partial charge >= 0.3 is 0 Å². The summed E-state index contributed by atoms with van der Waals surface area (Å²) in [6, 6.07) is 19.6. The molecule has 1 N–H and O–H groups in total. The largest absolute Gasteiger partial charge is 0.459 e. The molecule has 1 aliphatic rings. The molecule has 180 valence electrons. The van der Waals surface area contributed by atoms with Crippen LogP contribution < -0.4 is 10.2 Å². The minimum atomic E-state index is -0.186. The molecular formula is C28H30N4O3. The molecule has 2 aromatic carbocycles. The Hall–Kier alpha value is -3.87. The molecule has 0 fully saturated rings. The Balaban J connectivity index is 1.22. The molecular weight excluding hydrogens is 440 g/mol. The summed E-state index contributed by atoms with van der Waals surface area (Å²) in [4.78, 5) is 32.2. The Bertz CT molecular complexity index is 1310. The SMILES string of the molecule is O=C(NCCCCCc1nc2ccccc2n1CC(=O)N1CCCc2ccccc21)c1ccco1. The van der Waals surface area contributed by atoms with Crippen molar-refractivity contribution in [3.63, 3.8) is 0 Å². The lowest BCUT2D eigenvalue weighted by Gasteiger charge is -2.29. The number of carbonyl (C=O) groups is 2. The van der Waals surface area contributed by atoms with Gasteiger partial charge in [0.2, 0.25) is 5.91 Å². The van der Waals surface area contributed by atoms with Crippen LogP contribution >= 0.6 is 0 Å². The fraction of sp³-hybridized carbons (Fsp3) is 0.321. The van der Waals surface area contributed by atoms with Gasteiger partial charge in [-0.3, -0.25) is 9.59 Å². The first-order valence-corrected chi connectivity index (χ1v) is 12.3. The molecule has 7 nitrogen and oxygen atoms in total. The maximum absolute atomic E-state index is 13.4. The maximum atomic E-state index is 13.4. The van der Waals surface area contributed by atoms with E-state index in [1.54, 1.807) is 12.1 Å². The minimum Gasteiger partial charge on any atom is -0.459 e. The molecule has 35 heavy (non-hydrogen) atoms. The number of anilines is 1. The number of benzene rings is 2. The van der Waals surface area contributed by atoms with Gasteiger partial charge in [0.25, 0.3) is 5.91 Å². The van der Waals surface area contributed by atoms with E-state index in [0.29, 0.717) is 12.3 Å². The smallest absolute Gasteiger partial charge is 0.286 e. The molecule has 0 atom stereocenters. The predicted molar refractivity (Wildman–Crippen MR) is 135 cm³/mol. The molecule has 0 radical (unpaired) electrons. The molecule has 0 saturated carbocycles. The van der Waals surface area contributed by atoms with Crippen LogP contribution in [0.4, 0.5) is 5.69 Å². The number of amides is 2. The number of hydrogen-bond acceptors (Lipinski definition) is 4. The number of furan rings is 1. The summed E-state index contributed by atoms with van der Waals surface area (Å²) in [6.07, 6.45) is 7.03. The maximum Gasteiger partial charge on any atom is 0.286 e. The average molecular weight is 471 g/mol. The topological polar surface area (TPSA) is 80.4 Å². The van der Waals surface area contributed by atoms with Crippen LogP contribution in [-0.4, -0.2) is 34.5 Å². The number of rotatable bonds is 9. The second-order valence-electron chi connectivity index (χ2n) is 8.92. The number of nitrogens with zero attached hydrogens (tertiary/aromatic N) is 3. The van der Waals surface area contributed by atoms with Gasteiger partial charge in [-0.15, -0.1) is 0 Å². The van der Waals surface area contributed by atoms with Crippen molar-refractivity contribution in [1.82, 2.24) is 14.9 Å². The molecule has 2 aromatic heterocycles. The second kappa shape index (κ2) is 10.6. The molecule has 4 aromatic rings. The van der Waals surface area contributed by atoms with Crippen LogP contribution in [0.5, 0.6) is 0 Å². The van der Waals surface area contributed by atoms with E-state index in [-0.39, 0.29) is 18.4 Å². The summed E-state index contributed by atoms with van der Waals surface area (Å²) in [7, 11) is 0. The van der Waals surface area contributed by atoms with Gasteiger partial charge in [-0.25, -0.2) is 4.98 Å². The van der Waals surface area contributed by atoms with Gasteiger partial charge in [0.1, 0.15) is 12.4 Å². The number of para-hydroxylation sites is 3. The summed E-state index contributed by atoms with van der Waals surface area (Å²) in [5, 5.41) is 2.88. The molecule has 7 heteroatoms. The van der Waals surface area contributed by atoms with E-state index in [2.05, 4.69) is 16.0 Å². The number of imidazole rings is 1. The zero-order valence-corrected chi connectivity index (χ0v) is 19.8. The Morgan fingerprint density at radius 2 is 1.83 bits per heavy atom. The van der Waals surface area contributed by atoms with Crippen molar-refractivity contribution >= 4 is 28.5 Å². The molecule has 2 amide bonds. The van der Waals surface area contributed by atoms with E-state index in [1.165, 1.54) is 11.8 Å². The Labute approximate surface area is 204 Å². The highest BCUT2D eigenvalue weighted by Crippen LogP contribution is 2.27. The van der Waals surface area contributed by atoms with Crippen LogP contribution in [-0.2, 0) is 24.2 Å². The Morgan fingerprint density at radius 3 is 2.71 bits per heavy atom. The van der Waals surface area contributed by atoms with E-state index in [1.807, 2.05) is 47.4 Å². The van der Waals surface area contributed by atoms with Gasteiger partial charge in [0.05, 0.1) is 17.3 Å². The van der Waals surface area contributed by atoms with Crippen LogP contribution in [0.1, 0.15) is 47.6 Å². The van der Waals surface area contributed by atoms with E-state index in [9.17, 15) is 9.59 Å². The molecule has 0 bridgehead atoms. The number of nitrogens with one attached hydrogen (secondary N) is 1. The van der Waals surface area contributed by atoms with Crippen molar-refractivity contribution in [3.05, 3.63) is 84.1 Å². The fourth-order valence-electron chi connectivity index (χ4n) is 4.79. The lowest BCUT2D eigenvalue weighted by molar-refractivity contribution is -0.119. The average Bonchev–Trinajstić information content (AvgIpc) is 3.54. The Kier molecular flexibility index (Phi) is 6.93. The quantitative estimate of drug-likeness (QED) is 0.358.